The van der Waals surface area contributed by atoms with Gasteiger partial charge in [-0.1, -0.05) is 64.7 Å². The molecule has 3 N–H and O–H groups in total. The van der Waals surface area contributed by atoms with Crippen molar-refractivity contribution in [3.63, 3.8) is 0 Å². The topological polar surface area (TPSA) is 36.1 Å². The third kappa shape index (κ3) is 8.18. The van der Waals surface area contributed by atoms with Crippen LogP contribution in [-0.4, -0.2) is 32.3 Å². The second kappa shape index (κ2) is 12.4. The minimum Gasteiger partial charge on any atom is -0.308 e. The maximum absolute atomic E-state index is 3.90. The van der Waals surface area contributed by atoms with Crippen molar-refractivity contribution in [3.05, 3.63) is 0 Å². The molecule has 0 saturated heterocycles. The lowest BCUT2D eigenvalue weighted by molar-refractivity contribution is 0.297. The Morgan fingerprint density at radius 2 is 1.43 bits per heavy atom. The summed E-state index contributed by atoms with van der Waals surface area (Å²) in [6.07, 6.45) is 17.0. The van der Waals surface area contributed by atoms with Crippen LogP contribution >= 0.6 is 0 Å². The molecular formula is C18H39N3. The van der Waals surface area contributed by atoms with E-state index in [0.717, 1.165) is 6.04 Å². The van der Waals surface area contributed by atoms with Crippen molar-refractivity contribution >= 4 is 0 Å². The first-order valence-electron chi connectivity index (χ1n) is 9.42. The summed E-state index contributed by atoms with van der Waals surface area (Å²) < 4.78 is 0. The number of likely N-dealkylation sites (N-methyl/N-ethyl adjacent to an activating group) is 2. The van der Waals surface area contributed by atoms with E-state index in [1.165, 1.54) is 77.0 Å². The fourth-order valence-electron chi connectivity index (χ4n) is 3.61. The Kier molecular flexibility index (Phi) is 11.2. The van der Waals surface area contributed by atoms with E-state index < -0.39 is 0 Å². The lowest BCUT2D eigenvalue weighted by atomic mass is 10.0. The van der Waals surface area contributed by atoms with Gasteiger partial charge >= 0.3 is 0 Å². The highest BCUT2D eigenvalue weighted by Crippen LogP contribution is 2.20. The Labute approximate surface area is 133 Å². The zero-order chi connectivity index (χ0) is 15.3. The van der Waals surface area contributed by atoms with Crippen LogP contribution in [0.15, 0.2) is 0 Å². The molecule has 126 valence electrons. The van der Waals surface area contributed by atoms with Crippen LogP contribution < -0.4 is 16.0 Å². The molecule has 1 fully saturated rings. The van der Waals surface area contributed by atoms with Crippen molar-refractivity contribution in [1.82, 2.24) is 16.0 Å². The fourth-order valence-corrected chi connectivity index (χ4v) is 3.61. The van der Waals surface area contributed by atoms with Gasteiger partial charge in [0.2, 0.25) is 0 Å². The highest BCUT2D eigenvalue weighted by molar-refractivity contribution is 4.84. The molecule has 0 aromatic rings. The first-order chi connectivity index (χ1) is 10.3. The van der Waals surface area contributed by atoms with E-state index >= 15 is 0 Å². The molecule has 0 radical (unpaired) electrons. The van der Waals surface area contributed by atoms with Crippen LogP contribution in [-0.2, 0) is 0 Å². The van der Waals surface area contributed by atoms with Gasteiger partial charge < -0.3 is 16.0 Å². The number of hydrogen-bond acceptors (Lipinski definition) is 3. The van der Waals surface area contributed by atoms with Crippen LogP contribution in [0.1, 0.15) is 84.0 Å². The lowest BCUT2D eigenvalue weighted by Crippen LogP contribution is -2.55. The monoisotopic (exact) mass is 297 g/mol. The summed E-state index contributed by atoms with van der Waals surface area (Å²) in [5, 5.41) is 10.7. The Balaban J connectivity index is 2.21. The van der Waals surface area contributed by atoms with Crippen molar-refractivity contribution in [2.45, 2.75) is 102 Å². The van der Waals surface area contributed by atoms with Crippen molar-refractivity contribution in [2.75, 3.05) is 14.1 Å². The molecule has 1 aliphatic rings. The van der Waals surface area contributed by atoms with Crippen LogP contribution in [0.25, 0.3) is 0 Å². The molecular weight excluding hydrogens is 258 g/mol. The average molecular weight is 298 g/mol. The molecule has 1 saturated carbocycles. The summed E-state index contributed by atoms with van der Waals surface area (Å²) in [5.41, 5.74) is 0. The molecule has 1 aliphatic carbocycles. The Morgan fingerprint density at radius 3 is 2.00 bits per heavy atom. The van der Waals surface area contributed by atoms with Crippen LogP contribution in [0.4, 0.5) is 0 Å². The van der Waals surface area contributed by atoms with Crippen molar-refractivity contribution in [2.24, 2.45) is 0 Å². The normalized spacial score (nSPS) is 17.7. The summed E-state index contributed by atoms with van der Waals surface area (Å²) >= 11 is 0. The van der Waals surface area contributed by atoms with Crippen molar-refractivity contribution < 1.29 is 0 Å². The van der Waals surface area contributed by atoms with Gasteiger partial charge in [-0.15, -0.1) is 0 Å². The molecule has 0 aromatic carbocycles. The highest BCUT2D eigenvalue weighted by atomic mass is 15.2. The Hall–Kier alpha value is -0.120. The highest BCUT2D eigenvalue weighted by Gasteiger charge is 2.23. The van der Waals surface area contributed by atoms with Gasteiger partial charge in [0.05, 0.1) is 6.17 Å². The van der Waals surface area contributed by atoms with E-state index in [4.69, 9.17) is 0 Å². The Morgan fingerprint density at radius 1 is 0.857 bits per heavy atom. The van der Waals surface area contributed by atoms with E-state index in [-0.39, 0.29) is 0 Å². The smallest absolute Gasteiger partial charge is 0.0725 e. The average Bonchev–Trinajstić information content (AvgIpc) is 3.00. The maximum Gasteiger partial charge on any atom is 0.0725 e. The molecule has 3 heteroatoms. The summed E-state index contributed by atoms with van der Waals surface area (Å²) in [6.45, 7) is 2.29. The van der Waals surface area contributed by atoms with Gasteiger partial charge in [0.15, 0.2) is 0 Å². The molecule has 1 atom stereocenters. The summed E-state index contributed by atoms with van der Waals surface area (Å²) in [4.78, 5) is 0. The van der Waals surface area contributed by atoms with E-state index in [2.05, 4.69) is 37.0 Å². The summed E-state index contributed by atoms with van der Waals surface area (Å²) in [5.74, 6) is 0. The van der Waals surface area contributed by atoms with E-state index in [1.54, 1.807) is 0 Å². The predicted octanol–water partition coefficient (Wildman–Crippen LogP) is 3.79. The molecule has 1 rings (SSSR count). The number of unbranched alkanes of at least 4 members (excludes halogenated alkanes) is 6. The lowest BCUT2D eigenvalue weighted by Gasteiger charge is -2.30. The quantitative estimate of drug-likeness (QED) is 0.357. The zero-order valence-electron chi connectivity index (χ0n) is 14.7. The van der Waals surface area contributed by atoms with E-state index in [0.29, 0.717) is 12.2 Å². The molecule has 0 spiro atoms. The largest absolute Gasteiger partial charge is 0.308 e. The molecule has 0 aliphatic heterocycles. The third-order valence-corrected chi connectivity index (χ3v) is 4.95. The number of nitrogens with one attached hydrogen (secondary N) is 3. The van der Waals surface area contributed by atoms with Gasteiger partial charge in [0.25, 0.3) is 0 Å². The molecule has 0 amide bonds. The molecule has 1 unspecified atom stereocenters. The first-order valence-corrected chi connectivity index (χ1v) is 9.42. The molecule has 21 heavy (non-hydrogen) atoms. The molecule has 3 nitrogen and oxygen atoms in total. The minimum absolute atomic E-state index is 0.394. The standard InChI is InChI=1S/C18H39N3/c1-4-5-6-7-8-9-10-15-17(18(19-2)20-3)21-16-13-11-12-14-16/h16-21H,4-15H2,1-3H3. The molecule has 0 heterocycles. The van der Waals surface area contributed by atoms with E-state index in [9.17, 15) is 0 Å². The van der Waals surface area contributed by atoms with Crippen LogP contribution in [0.2, 0.25) is 0 Å². The second-order valence-electron chi connectivity index (χ2n) is 6.72. The van der Waals surface area contributed by atoms with Crippen LogP contribution in [0, 0.1) is 0 Å². The summed E-state index contributed by atoms with van der Waals surface area (Å²) in [6, 6.07) is 1.32. The first kappa shape index (κ1) is 18.9. The van der Waals surface area contributed by atoms with Gasteiger partial charge in [-0.2, -0.15) is 0 Å². The Bertz CT molecular complexity index is 223. The van der Waals surface area contributed by atoms with Crippen LogP contribution in [0.5, 0.6) is 0 Å². The zero-order valence-corrected chi connectivity index (χ0v) is 14.7. The van der Waals surface area contributed by atoms with Gasteiger partial charge in [-0.3, -0.25) is 0 Å². The number of hydrogen-bond donors (Lipinski definition) is 3. The maximum atomic E-state index is 3.90. The van der Waals surface area contributed by atoms with Crippen LogP contribution in [0.3, 0.4) is 0 Å². The van der Waals surface area contributed by atoms with Gasteiger partial charge in [-0.05, 0) is 33.4 Å². The summed E-state index contributed by atoms with van der Waals surface area (Å²) in [7, 11) is 4.13. The van der Waals surface area contributed by atoms with Gasteiger partial charge in [-0.25, -0.2) is 0 Å². The van der Waals surface area contributed by atoms with Gasteiger partial charge in [0.1, 0.15) is 0 Å². The SMILES string of the molecule is CCCCCCCCCC(NC1CCCC1)C(NC)NC. The number of rotatable bonds is 13. The molecule has 0 bridgehead atoms. The minimum atomic E-state index is 0.394. The van der Waals surface area contributed by atoms with Crippen molar-refractivity contribution in [1.29, 1.82) is 0 Å². The van der Waals surface area contributed by atoms with Gasteiger partial charge in [0, 0.05) is 12.1 Å². The van der Waals surface area contributed by atoms with Crippen molar-refractivity contribution in [3.8, 4) is 0 Å². The predicted molar refractivity (Wildman–Crippen MR) is 93.7 cm³/mol. The third-order valence-electron chi connectivity index (χ3n) is 4.95. The molecule has 0 aromatic heterocycles. The fraction of sp³-hybridized carbons (Fsp3) is 1.00. The van der Waals surface area contributed by atoms with E-state index in [1.807, 2.05) is 0 Å². The second-order valence-corrected chi connectivity index (χ2v) is 6.72.